The normalized spacial score (nSPS) is 24.6. The molecule has 35 heavy (non-hydrogen) atoms. The molecule has 5 rings (SSSR count). The zero-order valence-corrected chi connectivity index (χ0v) is 20.5. The number of rotatable bonds is 5. The third-order valence-electron chi connectivity index (χ3n) is 7.14. The Labute approximate surface area is 209 Å². The smallest absolute Gasteiger partial charge is 0.410 e. The summed E-state index contributed by atoms with van der Waals surface area (Å²) in [5, 5.41) is 12.7. The highest BCUT2D eigenvalue weighted by molar-refractivity contribution is 6.33. The minimum atomic E-state index is -0.324. The van der Waals surface area contributed by atoms with Crippen LogP contribution in [0.5, 0.6) is 5.88 Å². The maximum absolute atomic E-state index is 12.8. The molecule has 0 radical (unpaired) electrons. The largest absolute Gasteiger partial charge is 0.473 e. The van der Waals surface area contributed by atoms with E-state index in [0.717, 1.165) is 24.8 Å². The van der Waals surface area contributed by atoms with E-state index < -0.39 is 0 Å². The van der Waals surface area contributed by atoms with Gasteiger partial charge in [0.1, 0.15) is 23.9 Å². The Balaban J connectivity index is 1.29. The quantitative estimate of drug-likeness (QED) is 0.644. The molecule has 2 saturated heterocycles. The Morgan fingerprint density at radius 1 is 1.29 bits per heavy atom. The predicted molar refractivity (Wildman–Crippen MR) is 129 cm³/mol. The summed E-state index contributed by atoms with van der Waals surface area (Å²) in [5.74, 6) is 1.08. The fraction of sp³-hybridized carbons (Fsp3) is 0.520. The number of likely N-dealkylation sites (tertiary alicyclic amines) is 1. The number of nitrogens with zero attached hydrogens (tertiary/aromatic N) is 4. The molecule has 9 nitrogen and oxygen atoms in total. The molecule has 2 atom stereocenters. The lowest BCUT2D eigenvalue weighted by Gasteiger charge is -2.47. The van der Waals surface area contributed by atoms with Crippen LogP contribution < -0.4 is 10.1 Å². The molecule has 2 unspecified atom stereocenters. The van der Waals surface area contributed by atoms with Gasteiger partial charge in [0, 0.05) is 24.9 Å². The highest BCUT2D eigenvalue weighted by Crippen LogP contribution is 2.38. The minimum absolute atomic E-state index is 0.0167. The lowest BCUT2D eigenvalue weighted by atomic mass is 9.82. The molecule has 0 spiro atoms. The molecular weight excluding hydrogens is 470 g/mol. The van der Waals surface area contributed by atoms with Crippen molar-refractivity contribution in [3.63, 3.8) is 0 Å². The van der Waals surface area contributed by atoms with Crippen molar-refractivity contribution in [3.8, 4) is 11.9 Å². The van der Waals surface area contributed by atoms with Crippen LogP contribution in [0.4, 0.5) is 16.3 Å². The molecule has 1 amide bonds. The predicted octanol–water partition coefficient (Wildman–Crippen LogP) is 4.46. The number of benzene rings is 1. The topological polar surface area (TPSA) is 110 Å². The van der Waals surface area contributed by atoms with E-state index >= 15 is 0 Å². The van der Waals surface area contributed by atoms with Crippen molar-refractivity contribution in [2.24, 2.45) is 11.8 Å². The van der Waals surface area contributed by atoms with E-state index in [2.05, 4.69) is 21.4 Å². The summed E-state index contributed by atoms with van der Waals surface area (Å²) in [7, 11) is 0. The third-order valence-corrected chi connectivity index (χ3v) is 7.46. The Morgan fingerprint density at radius 2 is 2.03 bits per heavy atom. The second-order valence-corrected chi connectivity index (χ2v) is 10.2. The van der Waals surface area contributed by atoms with Gasteiger partial charge in [-0.3, -0.25) is 0 Å². The van der Waals surface area contributed by atoms with Gasteiger partial charge in [-0.15, -0.1) is 0 Å². The van der Waals surface area contributed by atoms with Crippen LogP contribution in [-0.4, -0.2) is 59.0 Å². The standard InChI is InChI=1S/C25H28ClN5O4/c1-15-22(30-20-5-4-16(9-27)8-19(20)26)28-14-29-23(15)34-21-17-10-31(11-18(21)13-33-12-17)24(32)35-25(2)6-3-7-25/h4-5,8,14,17-18,21H,3,6-7,10-13H2,1-2H3,(H,28,29,30). The second kappa shape index (κ2) is 9.51. The third kappa shape index (κ3) is 4.86. The van der Waals surface area contributed by atoms with Crippen molar-refractivity contribution >= 4 is 29.2 Å². The van der Waals surface area contributed by atoms with Crippen molar-refractivity contribution in [1.82, 2.24) is 14.9 Å². The monoisotopic (exact) mass is 497 g/mol. The van der Waals surface area contributed by atoms with Gasteiger partial charge in [0.25, 0.3) is 0 Å². The van der Waals surface area contributed by atoms with E-state index in [0.29, 0.717) is 54.3 Å². The molecule has 3 aliphatic rings. The molecule has 2 aromatic rings. The molecule has 184 valence electrons. The summed E-state index contributed by atoms with van der Waals surface area (Å²) < 4.78 is 18.0. The molecule has 2 bridgehead atoms. The maximum Gasteiger partial charge on any atom is 0.410 e. The molecule has 1 saturated carbocycles. The van der Waals surface area contributed by atoms with Crippen molar-refractivity contribution in [2.75, 3.05) is 31.6 Å². The number of nitrogens with one attached hydrogen (secondary N) is 1. The maximum atomic E-state index is 12.8. The number of halogens is 1. The Bertz CT molecular complexity index is 1150. The molecule has 10 heteroatoms. The van der Waals surface area contributed by atoms with Gasteiger partial charge in [-0.25, -0.2) is 14.8 Å². The molecule has 1 aromatic carbocycles. The number of carbonyl (C=O) groups excluding carboxylic acids is 1. The second-order valence-electron chi connectivity index (χ2n) is 9.80. The fourth-order valence-corrected chi connectivity index (χ4v) is 5.14. The van der Waals surface area contributed by atoms with Crippen LogP contribution in [0.15, 0.2) is 24.5 Å². The Hall–Kier alpha value is -3.09. The van der Waals surface area contributed by atoms with Crippen LogP contribution in [0.3, 0.4) is 0 Å². The number of anilines is 2. The lowest BCUT2D eigenvalue weighted by molar-refractivity contribution is -0.119. The SMILES string of the molecule is Cc1c(Nc2ccc(C#N)cc2Cl)ncnc1OC1C2COCC1CN(C(=O)OC1(C)CCC1)C2. The highest BCUT2D eigenvalue weighted by atomic mass is 35.5. The zero-order valence-electron chi connectivity index (χ0n) is 19.8. The number of fused-ring (bicyclic) bond motifs is 2. The van der Waals surface area contributed by atoms with Gasteiger partial charge >= 0.3 is 6.09 Å². The molecule has 2 aliphatic heterocycles. The van der Waals surface area contributed by atoms with Gasteiger partial charge in [0.2, 0.25) is 5.88 Å². The molecule has 1 N–H and O–H groups in total. The van der Waals surface area contributed by atoms with Gasteiger partial charge in [-0.1, -0.05) is 11.6 Å². The summed E-state index contributed by atoms with van der Waals surface area (Å²) in [6.45, 7) is 5.95. The number of aromatic nitrogens is 2. The molecule has 1 aromatic heterocycles. The number of amides is 1. The number of piperidine rings is 1. The molecule has 3 fully saturated rings. The zero-order chi connectivity index (χ0) is 24.6. The van der Waals surface area contributed by atoms with Crippen LogP contribution >= 0.6 is 11.6 Å². The molecular formula is C25H28ClN5O4. The molecule has 3 heterocycles. The van der Waals surface area contributed by atoms with E-state index in [1.165, 1.54) is 6.33 Å². The average Bonchev–Trinajstić information content (AvgIpc) is 2.81. The lowest BCUT2D eigenvalue weighted by Crippen LogP contribution is -2.59. The average molecular weight is 498 g/mol. The number of hydrogen-bond acceptors (Lipinski definition) is 8. The molecule has 1 aliphatic carbocycles. The number of carbonyl (C=O) groups is 1. The Morgan fingerprint density at radius 3 is 2.66 bits per heavy atom. The van der Waals surface area contributed by atoms with E-state index in [1.54, 1.807) is 23.1 Å². The van der Waals surface area contributed by atoms with E-state index in [1.807, 2.05) is 13.8 Å². The van der Waals surface area contributed by atoms with Gasteiger partial charge in [0.15, 0.2) is 0 Å². The number of ether oxygens (including phenoxy) is 3. The van der Waals surface area contributed by atoms with Crippen LogP contribution in [0.25, 0.3) is 0 Å². The minimum Gasteiger partial charge on any atom is -0.473 e. The number of hydrogen-bond donors (Lipinski definition) is 1. The summed E-state index contributed by atoms with van der Waals surface area (Å²) in [4.78, 5) is 23.3. The van der Waals surface area contributed by atoms with Crippen molar-refractivity contribution in [1.29, 1.82) is 5.26 Å². The van der Waals surface area contributed by atoms with Gasteiger partial charge in [-0.05, 0) is 51.3 Å². The first-order chi connectivity index (χ1) is 16.8. The van der Waals surface area contributed by atoms with Crippen LogP contribution in [0.2, 0.25) is 5.02 Å². The van der Waals surface area contributed by atoms with E-state index in [9.17, 15) is 4.79 Å². The van der Waals surface area contributed by atoms with Gasteiger partial charge < -0.3 is 24.4 Å². The van der Waals surface area contributed by atoms with Gasteiger partial charge in [-0.2, -0.15) is 5.26 Å². The van der Waals surface area contributed by atoms with E-state index in [-0.39, 0.29) is 29.6 Å². The first-order valence-electron chi connectivity index (χ1n) is 11.9. The first kappa shape index (κ1) is 23.6. The van der Waals surface area contributed by atoms with Crippen LogP contribution in [0, 0.1) is 30.1 Å². The Kier molecular flexibility index (Phi) is 6.43. The van der Waals surface area contributed by atoms with Gasteiger partial charge in [0.05, 0.1) is 41.1 Å². The summed E-state index contributed by atoms with van der Waals surface area (Å²) in [6.07, 6.45) is 4.01. The van der Waals surface area contributed by atoms with E-state index in [4.69, 9.17) is 31.1 Å². The van der Waals surface area contributed by atoms with Crippen molar-refractivity contribution in [2.45, 2.75) is 44.8 Å². The highest BCUT2D eigenvalue weighted by Gasteiger charge is 2.46. The van der Waals surface area contributed by atoms with Crippen molar-refractivity contribution < 1.29 is 19.0 Å². The first-order valence-corrected chi connectivity index (χ1v) is 12.2. The van der Waals surface area contributed by atoms with Crippen molar-refractivity contribution in [3.05, 3.63) is 40.7 Å². The summed E-state index contributed by atoms with van der Waals surface area (Å²) in [5.41, 5.74) is 1.53. The summed E-state index contributed by atoms with van der Waals surface area (Å²) >= 11 is 6.32. The van der Waals surface area contributed by atoms with Crippen LogP contribution in [-0.2, 0) is 9.47 Å². The summed E-state index contributed by atoms with van der Waals surface area (Å²) in [6, 6.07) is 7.10. The van der Waals surface area contributed by atoms with Crippen LogP contribution in [0.1, 0.15) is 37.3 Å². The fourth-order valence-electron chi connectivity index (χ4n) is 4.91. The number of nitriles is 1.